The molecule has 1 aromatic carbocycles. The molecule has 1 heterocycles. The maximum atomic E-state index is 4.84. The first-order valence-corrected chi connectivity index (χ1v) is 7.87. The second kappa shape index (κ2) is 5.96. The van der Waals surface area contributed by atoms with Crippen molar-refractivity contribution in [2.24, 2.45) is 13.0 Å². The zero-order valence-electron chi connectivity index (χ0n) is 12.6. The van der Waals surface area contributed by atoms with Crippen LogP contribution in [-0.4, -0.2) is 22.6 Å². The van der Waals surface area contributed by atoms with Crippen LogP contribution in [0.4, 0.5) is 0 Å². The lowest BCUT2D eigenvalue weighted by Crippen LogP contribution is -2.34. The van der Waals surface area contributed by atoms with Gasteiger partial charge < -0.3 is 9.88 Å². The summed E-state index contributed by atoms with van der Waals surface area (Å²) in [4.78, 5) is 4.84. The lowest BCUT2D eigenvalue weighted by molar-refractivity contribution is 0.343. The maximum absolute atomic E-state index is 4.84. The van der Waals surface area contributed by atoms with Crippen molar-refractivity contribution >= 4 is 11.0 Å². The predicted octanol–water partition coefficient (Wildman–Crippen LogP) is 3.28. The number of hydrogen-bond donors (Lipinski definition) is 1. The van der Waals surface area contributed by atoms with Crippen LogP contribution in [0, 0.1) is 5.92 Å². The van der Waals surface area contributed by atoms with Gasteiger partial charge in [0.25, 0.3) is 0 Å². The summed E-state index contributed by atoms with van der Waals surface area (Å²) in [7, 11) is 4.26. The summed E-state index contributed by atoms with van der Waals surface area (Å²) in [6, 6.07) is 9.09. The third kappa shape index (κ3) is 2.59. The quantitative estimate of drug-likeness (QED) is 0.868. The minimum Gasteiger partial charge on any atom is -0.331 e. The van der Waals surface area contributed by atoms with Crippen LogP contribution >= 0.6 is 0 Å². The zero-order chi connectivity index (χ0) is 13.9. The Bertz CT molecular complexity index is 573. The van der Waals surface area contributed by atoms with Gasteiger partial charge in [0, 0.05) is 19.5 Å². The molecule has 0 amide bonds. The topological polar surface area (TPSA) is 29.9 Å². The summed E-state index contributed by atoms with van der Waals surface area (Å²) in [5.41, 5.74) is 2.37. The molecule has 0 radical (unpaired) electrons. The molecule has 1 N–H and O–H groups in total. The van der Waals surface area contributed by atoms with Gasteiger partial charge in [-0.2, -0.15) is 0 Å². The number of benzene rings is 1. The number of para-hydroxylation sites is 2. The summed E-state index contributed by atoms with van der Waals surface area (Å²) in [5, 5.41) is 3.53. The van der Waals surface area contributed by atoms with E-state index in [9.17, 15) is 0 Å². The van der Waals surface area contributed by atoms with Gasteiger partial charge in [-0.05, 0) is 37.9 Å². The molecule has 2 unspecified atom stereocenters. The van der Waals surface area contributed by atoms with E-state index in [0.29, 0.717) is 6.04 Å². The average molecular weight is 271 g/mol. The Hall–Kier alpha value is -1.35. The van der Waals surface area contributed by atoms with Gasteiger partial charge in [-0.15, -0.1) is 0 Å². The van der Waals surface area contributed by atoms with Crippen molar-refractivity contribution < 1.29 is 0 Å². The molecule has 1 fully saturated rings. The van der Waals surface area contributed by atoms with Gasteiger partial charge in [0.05, 0.1) is 11.0 Å². The molecule has 0 saturated heterocycles. The third-order valence-corrected chi connectivity index (χ3v) is 4.85. The lowest BCUT2D eigenvalue weighted by Gasteiger charge is -2.24. The molecule has 0 aliphatic heterocycles. The monoisotopic (exact) mass is 271 g/mol. The first-order valence-electron chi connectivity index (χ1n) is 7.87. The first-order chi connectivity index (χ1) is 9.79. The smallest absolute Gasteiger partial charge is 0.109 e. The van der Waals surface area contributed by atoms with Crippen molar-refractivity contribution in [2.75, 3.05) is 7.05 Å². The van der Waals surface area contributed by atoms with E-state index in [2.05, 4.69) is 48.2 Å². The molecular weight excluding hydrogens is 246 g/mol. The number of fused-ring (bicyclic) bond motifs is 1. The Morgan fingerprint density at radius 3 is 2.80 bits per heavy atom. The molecule has 2 aromatic rings. The van der Waals surface area contributed by atoms with E-state index >= 15 is 0 Å². The summed E-state index contributed by atoms with van der Waals surface area (Å²) >= 11 is 0. The fraction of sp³-hybridized carbons (Fsp3) is 0.588. The highest BCUT2D eigenvalue weighted by molar-refractivity contribution is 5.75. The number of hydrogen-bond acceptors (Lipinski definition) is 2. The number of nitrogens with zero attached hydrogens (tertiary/aromatic N) is 2. The van der Waals surface area contributed by atoms with Gasteiger partial charge in [-0.1, -0.05) is 31.4 Å². The lowest BCUT2D eigenvalue weighted by atomic mass is 9.91. The number of nitrogens with one attached hydrogen (secondary N) is 1. The van der Waals surface area contributed by atoms with Crippen LogP contribution in [0.2, 0.25) is 0 Å². The zero-order valence-corrected chi connectivity index (χ0v) is 12.6. The van der Waals surface area contributed by atoms with Gasteiger partial charge in [-0.25, -0.2) is 4.98 Å². The molecule has 1 aliphatic rings. The fourth-order valence-electron chi connectivity index (χ4n) is 3.62. The molecule has 1 aromatic heterocycles. The van der Waals surface area contributed by atoms with Crippen molar-refractivity contribution in [3.05, 3.63) is 30.1 Å². The van der Waals surface area contributed by atoms with Crippen LogP contribution in [0.5, 0.6) is 0 Å². The summed E-state index contributed by atoms with van der Waals surface area (Å²) in [6.45, 7) is 0. The number of aryl methyl sites for hydroxylation is 1. The van der Waals surface area contributed by atoms with E-state index in [1.165, 1.54) is 43.4 Å². The van der Waals surface area contributed by atoms with E-state index in [-0.39, 0.29) is 0 Å². The molecule has 1 saturated carbocycles. The Morgan fingerprint density at radius 2 is 2.00 bits per heavy atom. The second-order valence-electron chi connectivity index (χ2n) is 6.07. The predicted molar refractivity (Wildman–Crippen MR) is 83.8 cm³/mol. The minimum absolute atomic E-state index is 0.650. The largest absolute Gasteiger partial charge is 0.331 e. The van der Waals surface area contributed by atoms with Crippen molar-refractivity contribution in [1.29, 1.82) is 0 Å². The average Bonchev–Trinajstić information content (AvgIpc) is 2.65. The second-order valence-corrected chi connectivity index (χ2v) is 6.07. The Kier molecular flexibility index (Phi) is 4.06. The number of aromatic nitrogens is 2. The van der Waals surface area contributed by atoms with Crippen LogP contribution in [-0.2, 0) is 13.5 Å². The van der Waals surface area contributed by atoms with Gasteiger partial charge in [-0.3, -0.25) is 0 Å². The van der Waals surface area contributed by atoms with E-state index < -0.39 is 0 Å². The Morgan fingerprint density at radius 1 is 1.20 bits per heavy atom. The molecule has 1 aliphatic carbocycles. The highest BCUT2D eigenvalue weighted by Gasteiger charge is 2.24. The molecule has 3 rings (SSSR count). The van der Waals surface area contributed by atoms with Gasteiger partial charge in [0.1, 0.15) is 5.82 Å². The summed E-state index contributed by atoms with van der Waals surface area (Å²) in [6.07, 6.45) is 7.85. The van der Waals surface area contributed by atoms with Gasteiger partial charge >= 0.3 is 0 Å². The van der Waals surface area contributed by atoms with E-state index in [1.54, 1.807) is 0 Å². The first kappa shape index (κ1) is 13.6. The molecule has 108 valence electrons. The molecule has 2 atom stereocenters. The number of imidazole rings is 1. The molecule has 3 nitrogen and oxygen atoms in total. The Labute approximate surface area is 121 Å². The van der Waals surface area contributed by atoms with Gasteiger partial charge in [0.2, 0.25) is 0 Å². The molecular formula is C17H25N3. The highest BCUT2D eigenvalue weighted by atomic mass is 15.1. The van der Waals surface area contributed by atoms with Crippen LogP contribution in [0.1, 0.15) is 37.9 Å². The Balaban J connectivity index is 1.85. The molecule has 3 heteroatoms. The van der Waals surface area contributed by atoms with Gasteiger partial charge in [0.15, 0.2) is 0 Å². The maximum Gasteiger partial charge on any atom is 0.109 e. The van der Waals surface area contributed by atoms with Crippen molar-refractivity contribution in [2.45, 2.75) is 44.6 Å². The standard InChI is InChI=1S/C17H25N3/c1-18-14-9-5-3-4-8-13(14)12-17-19-15-10-6-7-11-16(15)20(17)2/h6-7,10-11,13-14,18H,3-5,8-9,12H2,1-2H3. The summed E-state index contributed by atoms with van der Waals surface area (Å²) in [5.74, 6) is 1.95. The number of rotatable bonds is 3. The SMILES string of the molecule is CNC1CCCCCC1Cc1nc2ccccc2n1C. The molecule has 0 bridgehead atoms. The van der Waals surface area contributed by atoms with Crippen LogP contribution in [0.15, 0.2) is 24.3 Å². The van der Waals surface area contributed by atoms with Crippen LogP contribution in [0.3, 0.4) is 0 Å². The van der Waals surface area contributed by atoms with Crippen LogP contribution < -0.4 is 5.32 Å². The van der Waals surface area contributed by atoms with Crippen LogP contribution in [0.25, 0.3) is 11.0 Å². The van der Waals surface area contributed by atoms with E-state index in [0.717, 1.165) is 17.9 Å². The normalized spacial score (nSPS) is 23.9. The molecule has 0 spiro atoms. The van der Waals surface area contributed by atoms with E-state index in [1.807, 2.05) is 0 Å². The third-order valence-electron chi connectivity index (χ3n) is 4.85. The fourth-order valence-corrected chi connectivity index (χ4v) is 3.62. The highest BCUT2D eigenvalue weighted by Crippen LogP contribution is 2.27. The van der Waals surface area contributed by atoms with E-state index in [4.69, 9.17) is 4.98 Å². The van der Waals surface area contributed by atoms with Crippen molar-refractivity contribution in [1.82, 2.24) is 14.9 Å². The molecule has 20 heavy (non-hydrogen) atoms. The summed E-state index contributed by atoms with van der Waals surface area (Å²) < 4.78 is 2.27. The van der Waals surface area contributed by atoms with Crippen molar-refractivity contribution in [3.63, 3.8) is 0 Å². The minimum atomic E-state index is 0.650. The van der Waals surface area contributed by atoms with Crippen molar-refractivity contribution in [3.8, 4) is 0 Å².